The molecule has 0 aromatic heterocycles. The fourth-order valence-corrected chi connectivity index (χ4v) is 3.84. The number of amides is 3. The van der Waals surface area contributed by atoms with Crippen molar-refractivity contribution in [3.63, 3.8) is 0 Å². The quantitative estimate of drug-likeness (QED) is 0.288. The lowest BCUT2D eigenvalue weighted by molar-refractivity contribution is -0.137. The first-order valence-electron chi connectivity index (χ1n) is 10.7. The predicted molar refractivity (Wildman–Crippen MR) is 134 cm³/mol. The van der Waals surface area contributed by atoms with Crippen LogP contribution in [0.1, 0.15) is 12.5 Å². The largest absolute Gasteiger partial charge is 0.490 e. The smallest absolute Gasteiger partial charge is 0.329 e. The van der Waals surface area contributed by atoms with Gasteiger partial charge in [0.05, 0.1) is 30.5 Å². The third-order valence-corrected chi connectivity index (χ3v) is 5.53. The van der Waals surface area contributed by atoms with Gasteiger partial charge in [-0.25, -0.2) is 5.43 Å². The fraction of sp³-hybridized carbons (Fsp3) is 0.304. The SMILES string of the molecule is CCOc1cc(/C=N\NC(=O)C(=O)Nc2cccc(Cl)c2)cc(Br)c1OCC(=O)N1CCOCC1. The molecule has 1 saturated heterocycles. The number of benzene rings is 2. The molecular weight excluding hydrogens is 544 g/mol. The van der Waals surface area contributed by atoms with Gasteiger partial charge in [-0.3, -0.25) is 14.4 Å². The second kappa shape index (κ2) is 13.1. The highest BCUT2D eigenvalue weighted by atomic mass is 79.9. The molecule has 0 unspecified atom stereocenters. The molecule has 0 aliphatic carbocycles. The van der Waals surface area contributed by atoms with Gasteiger partial charge >= 0.3 is 11.8 Å². The van der Waals surface area contributed by atoms with Crippen LogP contribution in [0.3, 0.4) is 0 Å². The molecule has 35 heavy (non-hydrogen) atoms. The Balaban J connectivity index is 1.61. The standard InChI is InChI=1S/C23H24BrClN4O6/c1-2-34-19-11-15(10-18(24)21(19)35-14-20(30)29-6-8-33-9-7-29)13-26-28-23(32)22(31)27-17-5-3-4-16(25)12-17/h3-5,10-13H,2,6-9,14H2,1H3,(H,27,31)(H,28,32)/b26-13-. The first-order chi connectivity index (χ1) is 16.9. The van der Waals surface area contributed by atoms with Gasteiger partial charge in [0, 0.05) is 23.8 Å². The van der Waals surface area contributed by atoms with Crippen LogP contribution < -0.4 is 20.2 Å². The van der Waals surface area contributed by atoms with E-state index in [9.17, 15) is 14.4 Å². The van der Waals surface area contributed by atoms with Gasteiger partial charge in [-0.15, -0.1) is 0 Å². The molecule has 0 spiro atoms. The highest BCUT2D eigenvalue weighted by Gasteiger charge is 2.19. The van der Waals surface area contributed by atoms with Gasteiger partial charge in [-0.2, -0.15) is 5.10 Å². The molecule has 186 valence electrons. The zero-order chi connectivity index (χ0) is 25.2. The van der Waals surface area contributed by atoms with Crippen molar-refractivity contribution in [2.45, 2.75) is 6.92 Å². The highest BCUT2D eigenvalue weighted by Crippen LogP contribution is 2.36. The lowest BCUT2D eigenvalue weighted by Gasteiger charge is -2.27. The van der Waals surface area contributed by atoms with Gasteiger partial charge < -0.3 is 24.4 Å². The third-order valence-electron chi connectivity index (χ3n) is 4.70. The van der Waals surface area contributed by atoms with Gasteiger partial charge in [-0.05, 0) is 58.7 Å². The Kier molecular flexibility index (Phi) is 9.88. The first-order valence-corrected chi connectivity index (χ1v) is 11.9. The minimum atomic E-state index is -0.952. The average molecular weight is 568 g/mol. The van der Waals surface area contributed by atoms with Crippen LogP contribution in [0.5, 0.6) is 11.5 Å². The summed E-state index contributed by atoms with van der Waals surface area (Å²) in [6, 6.07) is 9.73. The van der Waals surface area contributed by atoms with E-state index in [0.717, 1.165) is 0 Å². The van der Waals surface area contributed by atoms with Crippen molar-refractivity contribution in [1.29, 1.82) is 0 Å². The maximum atomic E-state index is 12.4. The summed E-state index contributed by atoms with van der Waals surface area (Å²) in [7, 11) is 0. The van der Waals surface area contributed by atoms with Crippen molar-refractivity contribution < 1.29 is 28.6 Å². The number of halogens is 2. The number of nitrogens with one attached hydrogen (secondary N) is 2. The first kappa shape index (κ1) is 26.5. The minimum absolute atomic E-state index is 0.146. The summed E-state index contributed by atoms with van der Waals surface area (Å²) in [5.74, 6) is -1.23. The number of anilines is 1. The second-order valence-electron chi connectivity index (χ2n) is 7.21. The molecule has 0 atom stereocenters. The molecule has 0 bridgehead atoms. The van der Waals surface area contributed by atoms with Crippen molar-refractivity contribution in [3.05, 3.63) is 51.5 Å². The third kappa shape index (κ3) is 7.94. The number of hydrogen-bond acceptors (Lipinski definition) is 7. The van der Waals surface area contributed by atoms with E-state index < -0.39 is 11.8 Å². The van der Waals surface area contributed by atoms with E-state index in [1.54, 1.807) is 35.2 Å². The van der Waals surface area contributed by atoms with E-state index in [0.29, 0.717) is 65.2 Å². The number of nitrogens with zero attached hydrogens (tertiary/aromatic N) is 2. The Morgan fingerprint density at radius 3 is 2.66 bits per heavy atom. The zero-order valence-corrected chi connectivity index (χ0v) is 21.2. The monoisotopic (exact) mass is 566 g/mol. The number of carbonyl (C=O) groups excluding carboxylic acids is 3. The minimum Gasteiger partial charge on any atom is -0.490 e. The van der Waals surface area contributed by atoms with Crippen LogP contribution in [0.25, 0.3) is 0 Å². The Hall–Kier alpha value is -3.15. The van der Waals surface area contributed by atoms with E-state index in [1.807, 2.05) is 6.92 Å². The molecule has 12 heteroatoms. The molecule has 0 radical (unpaired) electrons. The Morgan fingerprint density at radius 2 is 1.94 bits per heavy atom. The van der Waals surface area contributed by atoms with E-state index in [1.165, 1.54) is 12.3 Å². The molecule has 1 heterocycles. The van der Waals surface area contributed by atoms with Crippen LogP contribution in [0.15, 0.2) is 46.0 Å². The molecule has 2 N–H and O–H groups in total. The maximum Gasteiger partial charge on any atom is 0.329 e. The van der Waals surface area contributed by atoms with Crippen LogP contribution in [-0.2, 0) is 19.1 Å². The summed E-state index contributed by atoms with van der Waals surface area (Å²) in [4.78, 5) is 38.1. The number of rotatable bonds is 8. The molecule has 1 fully saturated rings. The van der Waals surface area contributed by atoms with Crippen LogP contribution >= 0.6 is 27.5 Å². The Labute approximate surface area is 215 Å². The molecule has 2 aromatic rings. The number of hydrogen-bond donors (Lipinski definition) is 2. The van der Waals surface area contributed by atoms with Crippen LogP contribution in [0.2, 0.25) is 5.02 Å². The molecule has 1 aliphatic rings. The van der Waals surface area contributed by atoms with E-state index >= 15 is 0 Å². The number of hydrazone groups is 1. The van der Waals surface area contributed by atoms with Crippen LogP contribution in [0, 0.1) is 0 Å². The van der Waals surface area contributed by atoms with Crippen molar-refractivity contribution in [1.82, 2.24) is 10.3 Å². The highest BCUT2D eigenvalue weighted by molar-refractivity contribution is 9.10. The van der Waals surface area contributed by atoms with Gasteiger partial charge in [0.15, 0.2) is 18.1 Å². The average Bonchev–Trinajstić information content (AvgIpc) is 2.84. The number of ether oxygens (including phenoxy) is 3. The van der Waals surface area contributed by atoms with E-state index in [2.05, 4.69) is 31.8 Å². The number of morpholine rings is 1. The molecule has 1 aliphatic heterocycles. The summed E-state index contributed by atoms with van der Waals surface area (Å²) in [5, 5.41) is 6.68. The summed E-state index contributed by atoms with van der Waals surface area (Å²) < 4.78 is 17.2. The lowest BCUT2D eigenvalue weighted by atomic mass is 10.2. The maximum absolute atomic E-state index is 12.4. The predicted octanol–water partition coefficient (Wildman–Crippen LogP) is 2.83. The fourth-order valence-electron chi connectivity index (χ4n) is 3.07. The van der Waals surface area contributed by atoms with Gasteiger partial charge in [-0.1, -0.05) is 17.7 Å². The van der Waals surface area contributed by atoms with E-state index in [4.69, 9.17) is 25.8 Å². The van der Waals surface area contributed by atoms with Gasteiger partial charge in [0.2, 0.25) is 0 Å². The Morgan fingerprint density at radius 1 is 1.17 bits per heavy atom. The molecule has 3 amide bonds. The summed E-state index contributed by atoms with van der Waals surface area (Å²) >= 11 is 9.29. The molecule has 0 saturated carbocycles. The second-order valence-corrected chi connectivity index (χ2v) is 8.50. The van der Waals surface area contributed by atoms with E-state index in [-0.39, 0.29) is 12.5 Å². The van der Waals surface area contributed by atoms with Crippen molar-refractivity contribution >= 4 is 57.2 Å². The Bertz CT molecular complexity index is 1110. The molecule has 2 aromatic carbocycles. The van der Waals surface area contributed by atoms with Gasteiger partial charge in [0.25, 0.3) is 5.91 Å². The van der Waals surface area contributed by atoms with Crippen LogP contribution in [0.4, 0.5) is 5.69 Å². The number of carbonyl (C=O) groups is 3. The van der Waals surface area contributed by atoms with Crippen molar-refractivity contribution in [2.75, 3.05) is 44.8 Å². The lowest BCUT2D eigenvalue weighted by Crippen LogP contribution is -2.43. The normalized spacial score (nSPS) is 13.4. The zero-order valence-electron chi connectivity index (χ0n) is 18.9. The molecule has 10 nitrogen and oxygen atoms in total. The topological polar surface area (TPSA) is 119 Å². The van der Waals surface area contributed by atoms with Crippen LogP contribution in [-0.4, -0.2) is 68.4 Å². The molecule has 3 rings (SSSR count). The summed E-state index contributed by atoms with van der Waals surface area (Å²) in [6.07, 6.45) is 1.35. The molecular formula is C23H24BrClN4O6. The summed E-state index contributed by atoms with van der Waals surface area (Å²) in [5.41, 5.74) is 3.11. The van der Waals surface area contributed by atoms with Gasteiger partial charge in [0.1, 0.15) is 0 Å². The van der Waals surface area contributed by atoms with Crippen molar-refractivity contribution in [2.24, 2.45) is 5.10 Å². The summed E-state index contributed by atoms with van der Waals surface area (Å²) in [6.45, 7) is 4.10. The van der Waals surface area contributed by atoms with Crippen molar-refractivity contribution in [3.8, 4) is 11.5 Å².